The first-order valence-corrected chi connectivity index (χ1v) is 4.88. The van der Waals surface area contributed by atoms with Crippen molar-refractivity contribution in [1.29, 1.82) is 0 Å². The molecule has 1 aliphatic heterocycles. The van der Waals surface area contributed by atoms with Gasteiger partial charge in [-0.1, -0.05) is 30.3 Å². The van der Waals surface area contributed by atoms with Crippen molar-refractivity contribution >= 4 is 5.91 Å². The highest BCUT2D eigenvalue weighted by Gasteiger charge is 2.25. The van der Waals surface area contributed by atoms with Gasteiger partial charge in [-0.3, -0.25) is 4.79 Å². The van der Waals surface area contributed by atoms with Crippen LogP contribution in [0.4, 0.5) is 0 Å². The lowest BCUT2D eigenvalue weighted by Gasteiger charge is -2.27. The molecule has 1 amide bonds. The first kappa shape index (κ1) is 9.21. The number of hydrogen-bond acceptors (Lipinski definition) is 2. The smallest absolute Gasteiger partial charge is 0.237 e. The van der Waals surface area contributed by atoms with Gasteiger partial charge in [-0.25, -0.2) is 0 Å². The van der Waals surface area contributed by atoms with Crippen LogP contribution in [-0.4, -0.2) is 11.9 Å². The maximum atomic E-state index is 11.3. The molecular weight excluding hydrogens is 176 g/mol. The zero-order chi connectivity index (χ0) is 9.97. The van der Waals surface area contributed by atoms with E-state index in [1.165, 1.54) is 0 Å². The summed E-state index contributed by atoms with van der Waals surface area (Å²) in [5.41, 5.74) is 6.77. The Kier molecular flexibility index (Phi) is 2.50. The number of benzene rings is 1. The molecule has 1 aliphatic rings. The Bertz CT molecular complexity index is 323. The van der Waals surface area contributed by atoms with E-state index in [4.69, 9.17) is 5.73 Å². The van der Waals surface area contributed by atoms with E-state index in [-0.39, 0.29) is 18.0 Å². The van der Waals surface area contributed by atoms with Gasteiger partial charge in [-0.2, -0.15) is 0 Å². The number of nitrogens with two attached hydrogens (primary N) is 1. The molecule has 3 nitrogen and oxygen atoms in total. The summed E-state index contributed by atoms with van der Waals surface area (Å²) < 4.78 is 0. The summed E-state index contributed by atoms with van der Waals surface area (Å²) >= 11 is 0. The van der Waals surface area contributed by atoms with Crippen molar-refractivity contribution in [2.24, 2.45) is 5.73 Å². The molecule has 1 aromatic carbocycles. The van der Waals surface area contributed by atoms with E-state index in [2.05, 4.69) is 5.32 Å². The van der Waals surface area contributed by atoms with Crippen molar-refractivity contribution in [2.75, 3.05) is 0 Å². The molecule has 14 heavy (non-hydrogen) atoms. The molecule has 0 aromatic heterocycles. The molecule has 3 N–H and O–H groups in total. The molecule has 2 atom stereocenters. The molecule has 0 bridgehead atoms. The molecule has 1 aromatic rings. The molecule has 74 valence electrons. The minimum atomic E-state index is -0.324. The van der Waals surface area contributed by atoms with E-state index in [0.29, 0.717) is 0 Å². The minimum absolute atomic E-state index is 0.0369. The predicted octanol–water partition coefficient (Wildman–Crippen LogP) is 0.965. The number of rotatable bonds is 1. The molecule has 2 rings (SSSR count). The third-order valence-corrected chi connectivity index (χ3v) is 2.62. The van der Waals surface area contributed by atoms with Crippen LogP contribution in [0.15, 0.2) is 30.3 Å². The summed E-state index contributed by atoms with van der Waals surface area (Å²) in [5, 5.41) is 2.92. The van der Waals surface area contributed by atoms with E-state index in [0.717, 1.165) is 18.4 Å². The summed E-state index contributed by atoms with van der Waals surface area (Å²) in [4.78, 5) is 11.3. The van der Waals surface area contributed by atoms with Crippen molar-refractivity contribution < 1.29 is 4.79 Å². The predicted molar refractivity (Wildman–Crippen MR) is 54.5 cm³/mol. The molecule has 3 heteroatoms. The van der Waals surface area contributed by atoms with Gasteiger partial charge in [0.1, 0.15) is 0 Å². The van der Waals surface area contributed by atoms with Gasteiger partial charge in [0.05, 0.1) is 12.1 Å². The van der Waals surface area contributed by atoms with Gasteiger partial charge in [0.15, 0.2) is 0 Å². The number of piperidine rings is 1. The zero-order valence-electron chi connectivity index (χ0n) is 7.94. The quantitative estimate of drug-likeness (QED) is 0.693. The Morgan fingerprint density at radius 1 is 1.21 bits per heavy atom. The summed E-state index contributed by atoms with van der Waals surface area (Å²) in [7, 11) is 0. The van der Waals surface area contributed by atoms with Gasteiger partial charge in [-0.15, -0.1) is 0 Å². The maximum Gasteiger partial charge on any atom is 0.237 e. The van der Waals surface area contributed by atoms with Gasteiger partial charge in [0, 0.05) is 0 Å². The van der Waals surface area contributed by atoms with Gasteiger partial charge in [0.2, 0.25) is 5.91 Å². The second kappa shape index (κ2) is 3.80. The number of hydrogen-bond donors (Lipinski definition) is 2. The minimum Gasteiger partial charge on any atom is -0.348 e. The Labute approximate surface area is 83.3 Å². The van der Waals surface area contributed by atoms with Crippen LogP contribution < -0.4 is 11.1 Å². The highest BCUT2D eigenvalue weighted by Crippen LogP contribution is 2.22. The van der Waals surface area contributed by atoms with Crippen LogP contribution in [0.25, 0.3) is 0 Å². The first-order valence-electron chi connectivity index (χ1n) is 4.88. The van der Waals surface area contributed by atoms with Crippen LogP contribution in [0.2, 0.25) is 0 Å². The van der Waals surface area contributed by atoms with Crippen LogP contribution >= 0.6 is 0 Å². The van der Waals surface area contributed by atoms with E-state index >= 15 is 0 Å². The third kappa shape index (κ3) is 1.77. The van der Waals surface area contributed by atoms with Gasteiger partial charge >= 0.3 is 0 Å². The normalized spacial score (nSPS) is 27.1. The number of amides is 1. The Morgan fingerprint density at radius 3 is 2.57 bits per heavy atom. The van der Waals surface area contributed by atoms with Crippen LogP contribution in [0.5, 0.6) is 0 Å². The highest BCUT2D eigenvalue weighted by atomic mass is 16.2. The average Bonchev–Trinajstić information content (AvgIpc) is 2.23. The lowest BCUT2D eigenvalue weighted by atomic mass is 9.95. The van der Waals surface area contributed by atoms with E-state index in [9.17, 15) is 4.79 Å². The van der Waals surface area contributed by atoms with Crippen molar-refractivity contribution in [3.63, 3.8) is 0 Å². The van der Waals surface area contributed by atoms with Crippen molar-refractivity contribution in [1.82, 2.24) is 5.32 Å². The summed E-state index contributed by atoms with van der Waals surface area (Å²) in [6, 6.07) is 9.81. The van der Waals surface area contributed by atoms with Crippen LogP contribution in [0, 0.1) is 0 Å². The largest absolute Gasteiger partial charge is 0.348 e. The highest BCUT2D eigenvalue weighted by molar-refractivity contribution is 5.82. The fourth-order valence-electron chi connectivity index (χ4n) is 1.76. The molecule has 0 aliphatic carbocycles. The zero-order valence-corrected chi connectivity index (χ0v) is 7.94. The number of nitrogens with one attached hydrogen (secondary N) is 1. The molecule has 1 heterocycles. The molecule has 0 radical (unpaired) electrons. The molecule has 0 unspecified atom stereocenters. The molecule has 0 saturated carbocycles. The van der Waals surface area contributed by atoms with E-state index in [1.54, 1.807) is 0 Å². The fraction of sp³-hybridized carbons (Fsp3) is 0.364. The van der Waals surface area contributed by atoms with Crippen molar-refractivity contribution in [2.45, 2.75) is 24.9 Å². The van der Waals surface area contributed by atoms with Crippen molar-refractivity contribution in [3.05, 3.63) is 35.9 Å². The van der Waals surface area contributed by atoms with E-state index < -0.39 is 0 Å². The third-order valence-electron chi connectivity index (χ3n) is 2.62. The summed E-state index contributed by atoms with van der Waals surface area (Å²) in [6.45, 7) is 0. The fourth-order valence-corrected chi connectivity index (χ4v) is 1.76. The lowest BCUT2D eigenvalue weighted by Crippen LogP contribution is -2.46. The Balaban J connectivity index is 2.11. The van der Waals surface area contributed by atoms with E-state index in [1.807, 2.05) is 30.3 Å². The van der Waals surface area contributed by atoms with Crippen molar-refractivity contribution in [3.8, 4) is 0 Å². The summed E-state index contributed by atoms with van der Waals surface area (Å²) in [6.07, 6.45) is 1.70. The molecule has 1 fully saturated rings. The first-order chi connectivity index (χ1) is 6.77. The number of carbonyl (C=O) groups is 1. The SMILES string of the molecule is N[C@@H]1CC[C@H](c2ccccc2)NC1=O. The molecule has 1 saturated heterocycles. The van der Waals surface area contributed by atoms with Gasteiger partial charge < -0.3 is 11.1 Å². The standard InChI is InChI=1S/C11H14N2O/c12-9-6-7-10(13-11(9)14)8-4-2-1-3-5-8/h1-5,9-10H,6-7,12H2,(H,13,14)/t9-,10-/m1/s1. The molecule has 0 spiro atoms. The summed E-state index contributed by atoms with van der Waals surface area (Å²) in [5.74, 6) is -0.0369. The monoisotopic (exact) mass is 190 g/mol. The number of carbonyl (C=O) groups excluding carboxylic acids is 1. The lowest BCUT2D eigenvalue weighted by molar-refractivity contribution is -0.124. The second-order valence-corrected chi connectivity index (χ2v) is 3.66. The second-order valence-electron chi connectivity index (χ2n) is 3.66. The Morgan fingerprint density at radius 2 is 1.93 bits per heavy atom. The maximum absolute atomic E-state index is 11.3. The van der Waals surface area contributed by atoms with Crippen LogP contribution in [0.1, 0.15) is 24.4 Å². The van der Waals surface area contributed by atoms with Gasteiger partial charge in [-0.05, 0) is 18.4 Å². The average molecular weight is 190 g/mol. The topological polar surface area (TPSA) is 55.1 Å². The molecular formula is C11H14N2O. The van der Waals surface area contributed by atoms with Crippen LogP contribution in [-0.2, 0) is 4.79 Å². The van der Waals surface area contributed by atoms with Crippen LogP contribution in [0.3, 0.4) is 0 Å². The van der Waals surface area contributed by atoms with Gasteiger partial charge in [0.25, 0.3) is 0 Å². The Hall–Kier alpha value is -1.35.